The summed E-state index contributed by atoms with van der Waals surface area (Å²) in [4.78, 5) is 11.9. The van der Waals surface area contributed by atoms with Crippen LogP contribution in [-0.2, 0) is 0 Å². The summed E-state index contributed by atoms with van der Waals surface area (Å²) in [5.41, 5.74) is 0. The van der Waals surface area contributed by atoms with Gasteiger partial charge in [-0.2, -0.15) is 0 Å². The van der Waals surface area contributed by atoms with Crippen molar-refractivity contribution in [2.24, 2.45) is 0 Å². The molecule has 72 valence electrons. The molecular weight excluding hydrogens is 166 g/mol. The summed E-state index contributed by atoms with van der Waals surface area (Å²) in [6.07, 6.45) is -2.48. The fourth-order valence-electron chi connectivity index (χ4n) is 0.647. The van der Waals surface area contributed by atoms with Crippen molar-refractivity contribution < 1.29 is 13.6 Å². The number of carbonyl (C=O) groups is 1. The Hall–Kier alpha value is -0.870. The highest BCUT2D eigenvalue weighted by Crippen LogP contribution is 1.96. The highest BCUT2D eigenvalue weighted by atomic mass is 19.3. The highest BCUT2D eigenvalue weighted by molar-refractivity contribution is 5.74. The van der Waals surface area contributed by atoms with E-state index in [1.54, 1.807) is 13.8 Å². The number of carbonyl (C=O) groups excluding carboxylic acids is 1. The second kappa shape index (κ2) is 4.90. The molecule has 5 heteroatoms. The number of amides is 2. The first-order chi connectivity index (χ1) is 5.43. The molecule has 0 saturated carbocycles. The van der Waals surface area contributed by atoms with E-state index in [9.17, 15) is 13.6 Å². The second-order valence-corrected chi connectivity index (χ2v) is 2.88. The maximum absolute atomic E-state index is 11.8. The minimum absolute atomic E-state index is 0.0300. The number of alkyl halides is 2. The Morgan fingerprint density at radius 1 is 1.50 bits per heavy atom. The second-order valence-electron chi connectivity index (χ2n) is 2.88. The van der Waals surface area contributed by atoms with Crippen LogP contribution in [0.5, 0.6) is 0 Å². The summed E-state index contributed by atoms with van der Waals surface area (Å²) in [6, 6.07) is -0.497. The molecule has 1 N–H and O–H groups in total. The van der Waals surface area contributed by atoms with Gasteiger partial charge in [-0.3, -0.25) is 0 Å². The number of urea groups is 1. The van der Waals surface area contributed by atoms with Gasteiger partial charge in [-0.05, 0) is 13.8 Å². The molecule has 12 heavy (non-hydrogen) atoms. The predicted octanol–water partition coefficient (Wildman–Crippen LogP) is 1.30. The van der Waals surface area contributed by atoms with Gasteiger partial charge in [-0.1, -0.05) is 0 Å². The number of nitrogens with zero attached hydrogens (tertiary/aromatic N) is 1. The quantitative estimate of drug-likeness (QED) is 0.697. The van der Waals surface area contributed by atoms with Crippen LogP contribution in [0.25, 0.3) is 0 Å². The highest BCUT2D eigenvalue weighted by Gasteiger charge is 2.13. The molecular formula is C7H14F2N2O. The Balaban J connectivity index is 3.77. The SMILES string of the molecule is CC(C)NC(=O)N(C)CC(F)F. The molecule has 0 rings (SSSR count). The Kier molecular flexibility index (Phi) is 4.54. The molecule has 0 aromatic heterocycles. The molecule has 0 unspecified atom stereocenters. The van der Waals surface area contributed by atoms with Crippen molar-refractivity contribution in [1.82, 2.24) is 10.2 Å². The molecule has 0 aromatic rings. The van der Waals surface area contributed by atoms with E-state index in [2.05, 4.69) is 5.32 Å². The maximum Gasteiger partial charge on any atom is 0.317 e. The molecule has 0 aromatic carbocycles. The summed E-state index contributed by atoms with van der Waals surface area (Å²) in [6.45, 7) is 3.01. The van der Waals surface area contributed by atoms with Gasteiger partial charge in [0.2, 0.25) is 0 Å². The molecule has 0 bridgehead atoms. The van der Waals surface area contributed by atoms with E-state index in [-0.39, 0.29) is 6.04 Å². The van der Waals surface area contributed by atoms with Gasteiger partial charge in [-0.25, -0.2) is 13.6 Å². The zero-order valence-electron chi connectivity index (χ0n) is 7.47. The summed E-state index contributed by atoms with van der Waals surface area (Å²) in [5.74, 6) is 0. The van der Waals surface area contributed by atoms with Crippen LogP contribution in [0.4, 0.5) is 13.6 Å². The Bertz CT molecular complexity index is 150. The van der Waals surface area contributed by atoms with E-state index >= 15 is 0 Å². The largest absolute Gasteiger partial charge is 0.336 e. The first kappa shape index (κ1) is 11.1. The summed E-state index contributed by atoms with van der Waals surface area (Å²) in [7, 11) is 1.34. The van der Waals surface area contributed by atoms with Crippen LogP contribution in [0, 0.1) is 0 Å². The Morgan fingerprint density at radius 2 is 2.00 bits per heavy atom. The lowest BCUT2D eigenvalue weighted by atomic mass is 10.4. The summed E-state index contributed by atoms with van der Waals surface area (Å²) in [5, 5.41) is 2.50. The third-order valence-corrected chi connectivity index (χ3v) is 1.17. The molecule has 0 aliphatic carbocycles. The van der Waals surface area contributed by atoms with E-state index < -0.39 is 19.0 Å². The lowest BCUT2D eigenvalue weighted by Crippen LogP contribution is -2.42. The zero-order chi connectivity index (χ0) is 9.72. The number of hydrogen-bond acceptors (Lipinski definition) is 1. The lowest BCUT2D eigenvalue weighted by molar-refractivity contribution is 0.107. The fourth-order valence-corrected chi connectivity index (χ4v) is 0.647. The normalized spacial score (nSPS) is 10.6. The van der Waals surface area contributed by atoms with Crippen LogP contribution in [0.1, 0.15) is 13.8 Å². The number of hydrogen-bond donors (Lipinski definition) is 1. The van der Waals surface area contributed by atoms with Crippen LogP contribution in [-0.4, -0.2) is 37.0 Å². The Labute approximate surface area is 70.7 Å². The minimum atomic E-state index is -2.48. The summed E-state index contributed by atoms with van der Waals surface area (Å²) >= 11 is 0. The van der Waals surface area contributed by atoms with Crippen LogP contribution >= 0.6 is 0 Å². The first-order valence-corrected chi connectivity index (χ1v) is 3.73. The van der Waals surface area contributed by atoms with E-state index in [0.717, 1.165) is 4.90 Å². The van der Waals surface area contributed by atoms with Gasteiger partial charge in [-0.15, -0.1) is 0 Å². The van der Waals surface area contributed by atoms with E-state index in [1.165, 1.54) is 7.05 Å². The van der Waals surface area contributed by atoms with E-state index in [1.807, 2.05) is 0 Å². The smallest absolute Gasteiger partial charge is 0.317 e. The number of halogens is 2. The average Bonchev–Trinajstić information content (AvgIpc) is 1.84. The molecule has 0 spiro atoms. The van der Waals surface area contributed by atoms with Crippen molar-refractivity contribution in [3.63, 3.8) is 0 Å². The van der Waals surface area contributed by atoms with Gasteiger partial charge in [0.1, 0.15) is 0 Å². The van der Waals surface area contributed by atoms with Crippen molar-refractivity contribution >= 4 is 6.03 Å². The first-order valence-electron chi connectivity index (χ1n) is 3.73. The molecule has 3 nitrogen and oxygen atoms in total. The molecule has 0 fully saturated rings. The van der Waals surface area contributed by atoms with Gasteiger partial charge in [0, 0.05) is 13.1 Å². The third-order valence-electron chi connectivity index (χ3n) is 1.17. The van der Waals surface area contributed by atoms with E-state index in [0.29, 0.717) is 0 Å². The predicted molar refractivity (Wildman–Crippen MR) is 42.3 cm³/mol. The van der Waals surface area contributed by atoms with Gasteiger partial charge in [0.15, 0.2) is 0 Å². The van der Waals surface area contributed by atoms with Crippen LogP contribution < -0.4 is 5.32 Å². The lowest BCUT2D eigenvalue weighted by Gasteiger charge is -2.18. The zero-order valence-corrected chi connectivity index (χ0v) is 7.47. The molecule has 0 atom stereocenters. The van der Waals surface area contributed by atoms with Gasteiger partial charge >= 0.3 is 6.03 Å². The fraction of sp³-hybridized carbons (Fsp3) is 0.857. The molecule has 0 radical (unpaired) electrons. The number of rotatable bonds is 3. The molecule has 0 heterocycles. The van der Waals surface area contributed by atoms with Crippen molar-refractivity contribution in [1.29, 1.82) is 0 Å². The van der Waals surface area contributed by atoms with Gasteiger partial charge < -0.3 is 10.2 Å². The van der Waals surface area contributed by atoms with Crippen molar-refractivity contribution in [2.75, 3.05) is 13.6 Å². The van der Waals surface area contributed by atoms with E-state index in [4.69, 9.17) is 0 Å². The van der Waals surface area contributed by atoms with Gasteiger partial charge in [0.05, 0.1) is 6.54 Å². The van der Waals surface area contributed by atoms with Crippen molar-refractivity contribution in [3.8, 4) is 0 Å². The van der Waals surface area contributed by atoms with Crippen LogP contribution in [0.15, 0.2) is 0 Å². The molecule has 2 amide bonds. The monoisotopic (exact) mass is 180 g/mol. The molecule has 0 aliphatic rings. The minimum Gasteiger partial charge on any atom is -0.336 e. The van der Waals surface area contributed by atoms with Gasteiger partial charge in [0.25, 0.3) is 6.43 Å². The van der Waals surface area contributed by atoms with Crippen LogP contribution in [0.2, 0.25) is 0 Å². The third kappa shape index (κ3) is 4.87. The van der Waals surface area contributed by atoms with Crippen molar-refractivity contribution in [3.05, 3.63) is 0 Å². The topological polar surface area (TPSA) is 32.3 Å². The van der Waals surface area contributed by atoms with Crippen LogP contribution in [0.3, 0.4) is 0 Å². The Morgan fingerprint density at radius 3 is 2.33 bits per heavy atom. The molecule has 0 saturated heterocycles. The standard InChI is InChI=1S/C7H14F2N2O/c1-5(2)10-7(12)11(3)4-6(8)9/h5-6H,4H2,1-3H3,(H,10,12). The molecule has 0 aliphatic heterocycles. The average molecular weight is 180 g/mol. The maximum atomic E-state index is 11.8. The number of nitrogens with one attached hydrogen (secondary N) is 1. The summed E-state index contributed by atoms with van der Waals surface area (Å²) < 4.78 is 23.5. The van der Waals surface area contributed by atoms with Crippen molar-refractivity contribution in [2.45, 2.75) is 26.3 Å².